The summed E-state index contributed by atoms with van der Waals surface area (Å²) in [5.41, 5.74) is 4.27. The zero-order valence-electron chi connectivity index (χ0n) is 42.7. The minimum atomic E-state index is -0.762. The van der Waals surface area contributed by atoms with Crippen molar-refractivity contribution < 1.29 is 25.0 Å². The van der Waals surface area contributed by atoms with E-state index in [0.29, 0.717) is 27.5 Å². The fourth-order valence-electron chi connectivity index (χ4n) is 7.77. The first-order valence-electron chi connectivity index (χ1n) is 24.5. The van der Waals surface area contributed by atoms with Gasteiger partial charge in [-0.1, -0.05) is 194 Å². The van der Waals surface area contributed by atoms with Crippen molar-refractivity contribution in [1.29, 1.82) is 0 Å². The third-order valence-corrected chi connectivity index (χ3v) is 10.0. The van der Waals surface area contributed by atoms with Gasteiger partial charge in [-0.05, 0) is 76.5 Å². The lowest BCUT2D eigenvalue weighted by atomic mass is 9.83. The van der Waals surface area contributed by atoms with E-state index in [1.807, 2.05) is 91.0 Å². The summed E-state index contributed by atoms with van der Waals surface area (Å²) in [7, 11) is 0. The topological polar surface area (TPSA) is 13.1 Å². The monoisotopic (exact) mass is 687 g/mol. The molecule has 0 radical (unpaired) electrons. The van der Waals surface area contributed by atoms with Gasteiger partial charge in [0.2, 0.25) is 0 Å². The zero-order valence-corrected chi connectivity index (χ0v) is 27.7. The molecule has 1 nitrogen and oxygen atoms in total. The molecule has 0 amide bonds. The summed E-state index contributed by atoms with van der Waals surface area (Å²) in [5.74, 6) is 0. The SMILES string of the molecule is [2H]c1c([2H])c([2H])c2c(-c3c4c([2H])c([2H])c([2H])c([2H])c4c(-c4ccc(-c5cccc6c5oc5c(-c7ccccc7)cccc56)c5ccccc45)c4c([2H])c([2H])c([2H])c([2H])c34)c([2H])c([2H])c([2H])c2c1[2H]. The summed E-state index contributed by atoms with van der Waals surface area (Å²) in [6, 6.07) is 22.4. The van der Waals surface area contributed by atoms with Crippen LogP contribution < -0.4 is 0 Å². The maximum atomic E-state index is 9.58. The van der Waals surface area contributed by atoms with E-state index >= 15 is 0 Å². The number of hydrogen-bond donors (Lipinski definition) is 0. The Morgan fingerprint density at radius 2 is 0.792 bits per heavy atom. The number of rotatable bonds is 4. The average molecular weight is 688 g/mol. The Balaban J connectivity index is 1.32. The molecule has 0 saturated carbocycles. The number of furan rings is 1. The normalized spacial score (nSPS) is 15.7. The van der Waals surface area contributed by atoms with Gasteiger partial charge in [0.1, 0.15) is 11.2 Å². The number of hydrogen-bond acceptors (Lipinski definition) is 1. The summed E-state index contributed by atoms with van der Waals surface area (Å²) in [4.78, 5) is 0. The maximum Gasteiger partial charge on any atom is 0.143 e. The largest absolute Gasteiger partial charge is 0.455 e. The van der Waals surface area contributed by atoms with Crippen LogP contribution >= 0.6 is 0 Å². The summed E-state index contributed by atoms with van der Waals surface area (Å²) in [6.07, 6.45) is 0. The Bertz CT molecular complexity index is 4000. The van der Waals surface area contributed by atoms with Crippen molar-refractivity contribution in [1.82, 2.24) is 0 Å². The third kappa shape index (κ3) is 4.51. The Kier molecular flexibility index (Phi) is 4.12. The first-order chi connectivity index (χ1) is 32.6. The van der Waals surface area contributed by atoms with Crippen molar-refractivity contribution in [2.24, 2.45) is 0 Å². The van der Waals surface area contributed by atoms with Crippen LogP contribution in [0.15, 0.2) is 198 Å². The van der Waals surface area contributed by atoms with Crippen LogP contribution in [0.2, 0.25) is 0 Å². The van der Waals surface area contributed by atoms with Crippen molar-refractivity contribution in [3.05, 3.63) is 194 Å². The zero-order chi connectivity index (χ0) is 47.9. The second-order valence-corrected chi connectivity index (χ2v) is 12.8. The molecule has 0 aliphatic carbocycles. The van der Waals surface area contributed by atoms with Gasteiger partial charge in [-0.25, -0.2) is 0 Å². The first-order valence-corrected chi connectivity index (χ1v) is 17.0. The highest BCUT2D eigenvalue weighted by molar-refractivity contribution is 6.26. The molecule has 11 aromatic rings. The molecule has 10 aromatic carbocycles. The van der Waals surface area contributed by atoms with Gasteiger partial charge in [-0.15, -0.1) is 0 Å². The average Bonchev–Trinajstić information content (AvgIpc) is 3.75. The molecule has 0 unspecified atom stereocenters. The van der Waals surface area contributed by atoms with Crippen LogP contribution in [0.1, 0.15) is 20.6 Å². The number of fused-ring (bicyclic) bond motifs is 7. The molecule has 1 heterocycles. The fraction of sp³-hybridized carbons (Fsp3) is 0. The van der Waals surface area contributed by atoms with E-state index in [1.165, 1.54) is 0 Å². The van der Waals surface area contributed by atoms with Crippen LogP contribution in [0.5, 0.6) is 0 Å². The third-order valence-electron chi connectivity index (χ3n) is 10.0. The molecule has 53 heavy (non-hydrogen) atoms. The van der Waals surface area contributed by atoms with Gasteiger partial charge >= 0.3 is 0 Å². The highest BCUT2D eigenvalue weighted by Crippen LogP contribution is 2.48. The molecule has 1 aromatic heterocycles. The second kappa shape index (κ2) is 11.8. The quantitative estimate of drug-likeness (QED) is 0.168. The smallest absolute Gasteiger partial charge is 0.143 e. The van der Waals surface area contributed by atoms with E-state index in [9.17, 15) is 6.85 Å². The van der Waals surface area contributed by atoms with Gasteiger partial charge < -0.3 is 4.42 Å². The van der Waals surface area contributed by atoms with Crippen molar-refractivity contribution >= 4 is 65.0 Å². The molecule has 0 atom stereocenters. The molecule has 0 fully saturated rings. The summed E-state index contributed by atoms with van der Waals surface area (Å²) >= 11 is 0. The predicted molar refractivity (Wildman–Crippen MR) is 225 cm³/mol. The van der Waals surface area contributed by atoms with Gasteiger partial charge in [-0.2, -0.15) is 0 Å². The molecule has 0 saturated heterocycles. The highest BCUT2D eigenvalue weighted by atomic mass is 16.3. The Morgan fingerprint density at radius 1 is 0.302 bits per heavy atom. The molecule has 0 bridgehead atoms. The van der Waals surface area contributed by atoms with Crippen molar-refractivity contribution in [3.63, 3.8) is 0 Å². The standard InChI is InChI=1S/C52H32O/c1-2-15-34(16-3-1)36-26-13-29-47-48-30-14-28-46(52(48)53-51(36)47)39-31-32-45(38-21-7-6-20-37(38)39)50-43-24-10-8-22-41(43)49(42-23-9-11-25-44(42)50)40-27-12-18-33-17-4-5-19-35(33)40/h1-32H/i4D,5D,8D,9D,10D,11D,12D,17D,18D,19D,22D,23D,24D,25D,27D. The van der Waals surface area contributed by atoms with E-state index in [0.717, 1.165) is 33.0 Å². The molecule has 0 spiro atoms. The molecule has 1 heteroatoms. The predicted octanol–water partition coefficient (Wildman–Crippen LogP) is 14.9. The summed E-state index contributed by atoms with van der Waals surface area (Å²) < 4.78 is 143. The lowest BCUT2D eigenvalue weighted by Gasteiger charge is -2.20. The van der Waals surface area contributed by atoms with Gasteiger partial charge in [0, 0.05) is 21.9 Å². The summed E-state index contributed by atoms with van der Waals surface area (Å²) in [5, 5.41) is 1.17. The number of para-hydroxylation sites is 2. The Labute approximate surface area is 328 Å². The molecular weight excluding hydrogens is 641 g/mol. The minimum Gasteiger partial charge on any atom is -0.455 e. The van der Waals surface area contributed by atoms with Crippen LogP contribution in [0, 0.1) is 0 Å². The van der Waals surface area contributed by atoms with Gasteiger partial charge in [0.15, 0.2) is 0 Å². The van der Waals surface area contributed by atoms with Crippen LogP contribution in [-0.4, -0.2) is 0 Å². The van der Waals surface area contributed by atoms with Crippen LogP contribution in [-0.2, 0) is 0 Å². The number of benzene rings is 10. The molecule has 11 rings (SSSR count). The summed E-state index contributed by atoms with van der Waals surface area (Å²) in [6.45, 7) is 0. The van der Waals surface area contributed by atoms with Crippen molar-refractivity contribution in [2.45, 2.75) is 0 Å². The lowest BCUT2D eigenvalue weighted by molar-refractivity contribution is 0.671. The molecule has 246 valence electrons. The highest BCUT2D eigenvalue weighted by Gasteiger charge is 2.21. The van der Waals surface area contributed by atoms with E-state index in [1.54, 1.807) is 12.1 Å². The fourth-order valence-corrected chi connectivity index (χ4v) is 7.77. The van der Waals surface area contributed by atoms with E-state index in [2.05, 4.69) is 0 Å². The molecule has 0 aliphatic heterocycles. The first kappa shape index (κ1) is 18.5. The molecular formula is C52H32O. The van der Waals surface area contributed by atoms with Gasteiger partial charge in [0.05, 0.1) is 20.6 Å². The van der Waals surface area contributed by atoms with E-state index in [-0.39, 0.29) is 32.7 Å². The minimum absolute atomic E-state index is 0.0240. The van der Waals surface area contributed by atoms with Crippen molar-refractivity contribution in [2.75, 3.05) is 0 Å². The Morgan fingerprint density at radius 3 is 1.47 bits per heavy atom. The lowest BCUT2D eigenvalue weighted by Crippen LogP contribution is -1.93. The Hall–Kier alpha value is -6.96. The van der Waals surface area contributed by atoms with Crippen molar-refractivity contribution in [3.8, 4) is 44.5 Å². The van der Waals surface area contributed by atoms with E-state index in [4.69, 9.17) is 18.1 Å². The molecule has 0 N–H and O–H groups in total. The maximum absolute atomic E-state index is 9.58. The molecule has 0 aliphatic rings. The van der Waals surface area contributed by atoms with Gasteiger partial charge in [0.25, 0.3) is 0 Å². The van der Waals surface area contributed by atoms with Gasteiger partial charge in [-0.3, -0.25) is 0 Å². The van der Waals surface area contributed by atoms with E-state index < -0.39 is 107 Å². The van der Waals surface area contributed by atoms with Crippen LogP contribution in [0.4, 0.5) is 0 Å². The van der Waals surface area contributed by atoms with Crippen LogP contribution in [0.25, 0.3) is 110 Å². The van der Waals surface area contributed by atoms with Crippen LogP contribution in [0.3, 0.4) is 0 Å². The second-order valence-electron chi connectivity index (χ2n) is 12.8.